The molecule has 1 aromatic rings. The minimum Gasteiger partial charge on any atom is -0.398 e. The maximum Gasteiger partial charge on any atom is 0.242 e. The number of nitrogens with two attached hydrogens (primary N) is 1. The summed E-state index contributed by atoms with van der Waals surface area (Å²) in [6.07, 6.45) is 2.08. The Morgan fingerprint density at radius 1 is 1.44 bits per heavy atom. The molecule has 0 saturated carbocycles. The summed E-state index contributed by atoms with van der Waals surface area (Å²) in [6.45, 7) is 0.216. The van der Waals surface area contributed by atoms with Crippen LogP contribution in [0.25, 0.3) is 0 Å². The van der Waals surface area contributed by atoms with E-state index in [0.29, 0.717) is 17.2 Å². The number of nitrogen functional groups attached to an aromatic ring is 1. The molecule has 1 unspecified atom stereocenters. The fourth-order valence-electron chi connectivity index (χ4n) is 1.30. The van der Waals surface area contributed by atoms with Crippen LogP contribution in [0.4, 0.5) is 5.69 Å². The van der Waals surface area contributed by atoms with E-state index in [1.165, 1.54) is 18.2 Å². The lowest BCUT2D eigenvalue weighted by Gasteiger charge is -2.09. The van der Waals surface area contributed by atoms with E-state index in [-0.39, 0.29) is 17.1 Å². The van der Waals surface area contributed by atoms with Crippen molar-refractivity contribution in [3.8, 4) is 0 Å². The molecule has 0 aliphatic heterocycles. The Morgan fingerprint density at radius 3 is 2.72 bits per heavy atom. The molecule has 102 valence electrons. The number of halogens is 1. The summed E-state index contributed by atoms with van der Waals surface area (Å²) in [5.41, 5.74) is 5.75. The lowest BCUT2D eigenvalue weighted by molar-refractivity contribution is 0.581. The minimum atomic E-state index is -3.67. The second-order valence-electron chi connectivity index (χ2n) is 3.71. The number of benzene rings is 1. The zero-order chi connectivity index (χ0) is 13.8. The van der Waals surface area contributed by atoms with Crippen LogP contribution in [0.2, 0.25) is 5.02 Å². The summed E-state index contributed by atoms with van der Waals surface area (Å²) in [7, 11) is -4.60. The second kappa shape index (κ2) is 6.51. The Hall–Kier alpha value is -0.630. The van der Waals surface area contributed by atoms with E-state index < -0.39 is 20.8 Å². The van der Waals surface area contributed by atoms with Crippen LogP contribution in [0.15, 0.2) is 23.1 Å². The van der Waals surface area contributed by atoms with Gasteiger partial charge in [-0.15, -0.1) is 0 Å². The molecular formula is C10H15ClN2O3S2. The number of hydrogen-bond acceptors (Lipinski definition) is 4. The fourth-order valence-corrected chi connectivity index (χ4v) is 3.32. The molecule has 0 aliphatic rings. The Morgan fingerprint density at radius 2 is 2.11 bits per heavy atom. The van der Waals surface area contributed by atoms with Crippen molar-refractivity contribution in [1.82, 2.24) is 4.72 Å². The molecule has 0 spiro atoms. The van der Waals surface area contributed by atoms with Crippen molar-refractivity contribution < 1.29 is 12.6 Å². The van der Waals surface area contributed by atoms with Gasteiger partial charge in [-0.1, -0.05) is 11.6 Å². The normalized spacial score (nSPS) is 13.4. The van der Waals surface area contributed by atoms with Crippen molar-refractivity contribution in [2.75, 3.05) is 24.3 Å². The van der Waals surface area contributed by atoms with E-state index >= 15 is 0 Å². The molecule has 3 N–H and O–H groups in total. The largest absolute Gasteiger partial charge is 0.398 e. The molecule has 0 amide bonds. The Labute approximate surface area is 114 Å². The third-order valence-corrected chi connectivity index (χ3v) is 4.78. The zero-order valence-corrected chi connectivity index (χ0v) is 12.2. The summed E-state index contributed by atoms with van der Waals surface area (Å²) in [5, 5.41) is 0.305. The molecule has 8 heteroatoms. The smallest absolute Gasteiger partial charge is 0.242 e. The Balaban J connectivity index is 2.74. The number of hydrogen-bond donors (Lipinski definition) is 2. The summed E-state index contributed by atoms with van der Waals surface area (Å²) in [5.74, 6) is 0.452. The van der Waals surface area contributed by atoms with Gasteiger partial charge in [0.25, 0.3) is 0 Å². The van der Waals surface area contributed by atoms with E-state index in [9.17, 15) is 12.6 Å². The van der Waals surface area contributed by atoms with Gasteiger partial charge in [0.1, 0.15) is 4.90 Å². The third-order valence-electron chi connectivity index (χ3n) is 2.17. The second-order valence-corrected chi connectivity index (χ2v) is 7.44. The molecule has 0 fully saturated rings. The van der Waals surface area contributed by atoms with Gasteiger partial charge in [-0.2, -0.15) is 0 Å². The number of nitrogens with one attached hydrogen (secondary N) is 1. The van der Waals surface area contributed by atoms with Gasteiger partial charge in [-0.05, 0) is 24.6 Å². The highest BCUT2D eigenvalue weighted by Crippen LogP contribution is 2.22. The van der Waals surface area contributed by atoms with Crippen molar-refractivity contribution in [2.24, 2.45) is 0 Å². The summed E-state index contributed by atoms with van der Waals surface area (Å²) < 4.78 is 37.1. The van der Waals surface area contributed by atoms with Crippen molar-refractivity contribution >= 4 is 38.1 Å². The van der Waals surface area contributed by atoms with Crippen LogP contribution in [0, 0.1) is 0 Å². The molecule has 18 heavy (non-hydrogen) atoms. The van der Waals surface area contributed by atoms with Crippen LogP contribution in [-0.4, -0.2) is 31.2 Å². The van der Waals surface area contributed by atoms with Gasteiger partial charge in [0.2, 0.25) is 10.0 Å². The van der Waals surface area contributed by atoms with Crippen molar-refractivity contribution in [2.45, 2.75) is 11.3 Å². The quantitative estimate of drug-likeness (QED) is 0.605. The van der Waals surface area contributed by atoms with Gasteiger partial charge in [0.15, 0.2) is 0 Å². The van der Waals surface area contributed by atoms with Crippen LogP contribution in [-0.2, 0) is 20.8 Å². The molecule has 0 aliphatic carbocycles. The van der Waals surface area contributed by atoms with E-state index in [1.807, 2.05) is 0 Å². The number of sulfonamides is 1. The van der Waals surface area contributed by atoms with E-state index in [2.05, 4.69) is 4.72 Å². The minimum absolute atomic E-state index is 0.0346. The van der Waals surface area contributed by atoms with Crippen LogP contribution < -0.4 is 10.5 Å². The van der Waals surface area contributed by atoms with Crippen LogP contribution in [0.1, 0.15) is 6.42 Å². The first-order valence-corrected chi connectivity index (χ1v) is 8.76. The maximum absolute atomic E-state index is 11.9. The highest BCUT2D eigenvalue weighted by Gasteiger charge is 2.17. The molecule has 0 radical (unpaired) electrons. The summed E-state index contributed by atoms with van der Waals surface area (Å²) in [6, 6.07) is 4.27. The molecule has 1 aromatic carbocycles. The van der Waals surface area contributed by atoms with Crippen molar-refractivity contribution in [3.63, 3.8) is 0 Å². The number of anilines is 1. The monoisotopic (exact) mass is 310 g/mol. The lowest BCUT2D eigenvalue weighted by atomic mass is 10.3. The average molecular weight is 311 g/mol. The molecule has 1 atom stereocenters. The van der Waals surface area contributed by atoms with Gasteiger partial charge >= 0.3 is 0 Å². The van der Waals surface area contributed by atoms with Crippen LogP contribution in [0.5, 0.6) is 0 Å². The number of rotatable bonds is 6. The molecule has 1 rings (SSSR count). The van der Waals surface area contributed by atoms with E-state index in [4.69, 9.17) is 17.3 Å². The van der Waals surface area contributed by atoms with Crippen LogP contribution in [0.3, 0.4) is 0 Å². The standard InChI is InChI=1S/C10H15ClN2O3S2/c1-17(14)6-2-5-13-18(15,16)10-7-8(11)3-4-9(10)12/h3-4,7,13H,2,5-6,12H2,1H3. The summed E-state index contributed by atoms with van der Waals surface area (Å²) >= 11 is 5.74. The van der Waals surface area contributed by atoms with Gasteiger partial charge in [0, 0.05) is 34.4 Å². The molecule has 5 nitrogen and oxygen atoms in total. The van der Waals surface area contributed by atoms with E-state index in [0.717, 1.165) is 0 Å². The molecule has 0 saturated heterocycles. The first kappa shape index (κ1) is 15.4. The van der Waals surface area contributed by atoms with Crippen LogP contribution >= 0.6 is 11.6 Å². The molecule has 0 bridgehead atoms. The molecular weight excluding hydrogens is 296 g/mol. The predicted molar refractivity (Wildman–Crippen MR) is 74.6 cm³/mol. The first-order chi connectivity index (χ1) is 8.33. The highest BCUT2D eigenvalue weighted by molar-refractivity contribution is 7.89. The van der Waals surface area contributed by atoms with E-state index in [1.54, 1.807) is 6.26 Å². The maximum atomic E-state index is 11.9. The SMILES string of the molecule is CS(=O)CCCNS(=O)(=O)c1cc(Cl)ccc1N. The topological polar surface area (TPSA) is 89.3 Å². The predicted octanol–water partition coefficient (Wildman–Crippen LogP) is 0.969. The average Bonchev–Trinajstić information content (AvgIpc) is 2.27. The molecule has 0 aromatic heterocycles. The fraction of sp³-hybridized carbons (Fsp3) is 0.400. The highest BCUT2D eigenvalue weighted by atomic mass is 35.5. The third kappa shape index (κ3) is 4.56. The summed E-state index contributed by atoms with van der Waals surface area (Å²) in [4.78, 5) is -0.0346. The lowest BCUT2D eigenvalue weighted by Crippen LogP contribution is -2.26. The zero-order valence-electron chi connectivity index (χ0n) is 9.85. The molecule has 0 heterocycles. The van der Waals surface area contributed by atoms with Gasteiger partial charge < -0.3 is 5.73 Å². The first-order valence-electron chi connectivity index (χ1n) is 5.17. The van der Waals surface area contributed by atoms with Gasteiger partial charge in [-0.3, -0.25) is 4.21 Å². The van der Waals surface area contributed by atoms with Crippen molar-refractivity contribution in [1.29, 1.82) is 0 Å². The van der Waals surface area contributed by atoms with Gasteiger partial charge in [-0.25, -0.2) is 13.1 Å². The van der Waals surface area contributed by atoms with Crippen molar-refractivity contribution in [3.05, 3.63) is 23.2 Å². The Bertz CT molecular complexity index is 546. The Kier molecular flexibility index (Phi) is 5.58. The van der Waals surface area contributed by atoms with Gasteiger partial charge in [0.05, 0.1) is 5.69 Å².